The highest BCUT2D eigenvalue weighted by atomic mass is 14.1. The predicted molar refractivity (Wildman–Crippen MR) is 68.3 cm³/mol. The number of rotatable bonds is 1. The second kappa shape index (κ2) is 3.54. The maximum absolute atomic E-state index is 3.90. The van der Waals surface area contributed by atoms with Gasteiger partial charge in [0.05, 0.1) is 0 Å². The molecule has 0 nitrogen and oxygen atoms in total. The molecule has 0 aromatic heterocycles. The maximum Gasteiger partial charge on any atom is -0.0146 e. The second-order valence-corrected chi connectivity index (χ2v) is 4.04. The number of fused-ring (bicyclic) bond motifs is 1. The average molecular weight is 196 g/mol. The first-order valence-electron chi connectivity index (χ1n) is 5.27. The van der Waals surface area contributed by atoms with Gasteiger partial charge < -0.3 is 0 Å². The molecular weight excluding hydrogens is 180 g/mol. The molecular formula is C15H16. The van der Waals surface area contributed by atoms with E-state index in [1.165, 1.54) is 33.0 Å². The van der Waals surface area contributed by atoms with Gasteiger partial charge in [0.2, 0.25) is 0 Å². The van der Waals surface area contributed by atoms with E-state index in [1.54, 1.807) is 0 Å². The van der Waals surface area contributed by atoms with Crippen molar-refractivity contribution in [3.05, 3.63) is 53.1 Å². The van der Waals surface area contributed by atoms with Gasteiger partial charge in [0.15, 0.2) is 0 Å². The Morgan fingerprint density at radius 1 is 0.867 bits per heavy atom. The van der Waals surface area contributed by atoms with Crippen molar-refractivity contribution < 1.29 is 0 Å². The van der Waals surface area contributed by atoms with Crippen molar-refractivity contribution in [3.63, 3.8) is 0 Å². The van der Waals surface area contributed by atoms with Gasteiger partial charge in [-0.05, 0) is 53.8 Å². The van der Waals surface area contributed by atoms with Crippen molar-refractivity contribution >= 4 is 16.8 Å². The number of hydrogen-bond donors (Lipinski definition) is 0. The lowest BCUT2D eigenvalue weighted by Crippen LogP contribution is -1.93. The maximum atomic E-state index is 3.90. The summed E-state index contributed by atoms with van der Waals surface area (Å²) in [6, 6.07) is 8.57. The second-order valence-electron chi connectivity index (χ2n) is 4.04. The first-order chi connectivity index (χ1) is 7.16. The van der Waals surface area contributed by atoms with Crippen LogP contribution in [0.3, 0.4) is 0 Å². The average Bonchev–Trinajstić information content (AvgIpc) is 2.27. The molecule has 0 fully saturated rings. The molecule has 0 bridgehead atoms. The van der Waals surface area contributed by atoms with E-state index in [-0.39, 0.29) is 0 Å². The molecule has 76 valence electrons. The summed E-state index contributed by atoms with van der Waals surface area (Å²) in [4.78, 5) is 0. The highest BCUT2D eigenvalue weighted by Gasteiger charge is 2.08. The Morgan fingerprint density at radius 2 is 1.40 bits per heavy atom. The minimum absolute atomic E-state index is 1.28. The summed E-state index contributed by atoms with van der Waals surface area (Å²) in [5.74, 6) is 0. The quantitative estimate of drug-likeness (QED) is 0.633. The predicted octanol–water partition coefficient (Wildman–Crippen LogP) is 4.41. The van der Waals surface area contributed by atoms with Crippen molar-refractivity contribution in [2.45, 2.75) is 20.8 Å². The van der Waals surface area contributed by atoms with Gasteiger partial charge in [0.25, 0.3) is 0 Å². The first-order valence-corrected chi connectivity index (χ1v) is 5.27. The lowest BCUT2D eigenvalue weighted by Gasteiger charge is -2.13. The Kier molecular flexibility index (Phi) is 2.36. The van der Waals surface area contributed by atoms with Gasteiger partial charge in [-0.3, -0.25) is 0 Å². The van der Waals surface area contributed by atoms with Crippen LogP contribution in [0.5, 0.6) is 0 Å². The van der Waals surface area contributed by atoms with E-state index >= 15 is 0 Å². The van der Waals surface area contributed by atoms with Crippen LogP contribution in [-0.4, -0.2) is 0 Å². The van der Waals surface area contributed by atoms with Gasteiger partial charge in [-0.2, -0.15) is 0 Å². The fraction of sp³-hybridized carbons (Fsp3) is 0.200. The van der Waals surface area contributed by atoms with Crippen molar-refractivity contribution in [2.75, 3.05) is 0 Å². The summed E-state index contributed by atoms with van der Waals surface area (Å²) in [6.45, 7) is 10.4. The van der Waals surface area contributed by atoms with Crippen molar-refractivity contribution in [1.82, 2.24) is 0 Å². The van der Waals surface area contributed by atoms with Crippen LogP contribution in [0.4, 0.5) is 0 Å². The third-order valence-corrected chi connectivity index (χ3v) is 3.31. The van der Waals surface area contributed by atoms with Crippen LogP contribution in [0, 0.1) is 20.8 Å². The smallest absolute Gasteiger partial charge is 0.0146 e. The van der Waals surface area contributed by atoms with Crippen LogP contribution in [0.25, 0.3) is 16.8 Å². The molecule has 0 aliphatic rings. The fourth-order valence-electron chi connectivity index (χ4n) is 2.27. The molecule has 0 heterocycles. The molecule has 0 radical (unpaired) electrons. The summed E-state index contributed by atoms with van der Waals surface area (Å²) in [5, 5.41) is 2.70. The Morgan fingerprint density at radius 3 is 1.93 bits per heavy atom. The molecule has 2 aromatic carbocycles. The fourth-order valence-corrected chi connectivity index (χ4v) is 2.27. The van der Waals surface area contributed by atoms with Crippen LogP contribution in [0.2, 0.25) is 0 Å². The lowest BCUT2D eigenvalue weighted by atomic mass is 9.91. The largest absolute Gasteiger partial charge is 0.0984 e. The summed E-state index contributed by atoms with van der Waals surface area (Å²) in [5.41, 5.74) is 5.34. The van der Waals surface area contributed by atoms with E-state index in [4.69, 9.17) is 0 Å². The van der Waals surface area contributed by atoms with Gasteiger partial charge >= 0.3 is 0 Å². The minimum atomic E-state index is 1.28. The van der Waals surface area contributed by atoms with Crippen molar-refractivity contribution in [1.29, 1.82) is 0 Å². The molecule has 0 spiro atoms. The normalized spacial score (nSPS) is 10.6. The van der Waals surface area contributed by atoms with Gasteiger partial charge in [0.1, 0.15) is 0 Å². The molecule has 0 aliphatic heterocycles. The van der Waals surface area contributed by atoms with Crippen molar-refractivity contribution in [3.8, 4) is 0 Å². The summed E-state index contributed by atoms with van der Waals surface area (Å²) >= 11 is 0. The Labute approximate surface area is 91.2 Å². The van der Waals surface area contributed by atoms with E-state index in [1.807, 2.05) is 6.08 Å². The van der Waals surface area contributed by atoms with E-state index in [0.29, 0.717) is 0 Å². The summed E-state index contributed by atoms with van der Waals surface area (Å²) in [6.07, 6.45) is 1.96. The first kappa shape index (κ1) is 9.97. The molecule has 0 unspecified atom stereocenters. The topological polar surface area (TPSA) is 0 Å². The zero-order valence-corrected chi connectivity index (χ0v) is 9.59. The number of hydrogen-bond acceptors (Lipinski definition) is 0. The van der Waals surface area contributed by atoms with E-state index in [9.17, 15) is 0 Å². The zero-order valence-electron chi connectivity index (χ0n) is 9.59. The van der Waals surface area contributed by atoms with Gasteiger partial charge in [-0.1, -0.05) is 36.9 Å². The highest BCUT2D eigenvalue weighted by Crippen LogP contribution is 2.29. The zero-order chi connectivity index (χ0) is 11.0. The van der Waals surface area contributed by atoms with E-state index in [2.05, 4.69) is 51.6 Å². The standard InChI is InChI=1S/C15H16/c1-5-13-10(2)11(3)14-8-6-7-9-15(14)12(13)4/h5-9H,1H2,2-4H3. The summed E-state index contributed by atoms with van der Waals surface area (Å²) in [7, 11) is 0. The third kappa shape index (κ3) is 1.37. The Bertz CT molecular complexity index is 533. The van der Waals surface area contributed by atoms with Crippen LogP contribution < -0.4 is 0 Å². The van der Waals surface area contributed by atoms with E-state index < -0.39 is 0 Å². The molecule has 0 aliphatic carbocycles. The lowest BCUT2D eigenvalue weighted by molar-refractivity contribution is 1.32. The molecule has 2 rings (SSSR count). The van der Waals surface area contributed by atoms with Gasteiger partial charge in [0, 0.05) is 0 Å². The number of benzene rings is 2. The van der Waals surface area contributed by atoms with Crippen LogP contribution in [-0.2, 0) is 0 Å². The molecule has 0 N–H and O–H groups in total. The van der Waals surface area contributed by atoms with Gasteiger partial charge in [-0.15, -0.1) is 0 Å². The van der Waals surface area contributed by atoms with Crippen molar-refractivity contribution in [2.24, 2.45) is 0 Å². The monoisotopic (exact) mass is 196 g/mol. The Hall–Kier alpha value is -1.56. The highest BCUT2D eigenvalue weighted by molar-refractivity contribution is 5.92. The molecule has 0 amide bonds. The summed E-state index contributed by atoms with van der Waals surface area (Å²) < 4.78 is 0. The van der Waals surface area contributed by atoms with Crippen LogP contribution in [0.15, 0.2) is 30.8 Å². The number of aryl methyl sites for hydroxylation is 2. The molecule has 0 saturated carbocycles. The molecule has 15 heavy (non-hydrogen) atoms. The van der Waals surface area contributed by atoms with E-state index in [0.717, 1.165) is 0 Å². The van der Waals surface area contributed by atoms with Gasteiger partial charge in [-0.25, -0.2) is 0 Å². The SMILES string of the molecule is C=Cc1c(C)c(C)c2ccccc2c1C. The molecule has 0 atom stereocenters. The van der Waals surface area contributed by atoms with Crippen LogP contribution >= 0.6 is 0 Å². The molecule has 0 saturated heterocycles. The third-order valence-electron chi connectivity index (χ3n) is 3.31. The Balaban J connectivity index is 3.02. The van der Waals surface area contributed by atoms with Crippen LogP contribution in [0.1, 0.15) is 22.3 Å². The minimum Gasteiger partial charge on any atom is -0.0984 e. The molecule has 0 heteroatoms. The molecule has 2 aromatic rings.